The van der Waals surface area contributed by atoms with Crippen LogP contribution in [0, 0.1) is 0 Å². The quantitative estimate of drug-likeness (QED) is 0.565. The van der Waals surface area contributed by atoms with Crippen molar-refractivity contribution in [2.45, 2.75) is 0 Å². The fourth-order valence-corrected chi connectivity index (χ4v) is 8.23. The van der Waals surface area contributed by atoms with Gasteiger partial charge in [0.2, 0.25) is 0 Å². The summed E-state index contributed by atoms with van der Waals surface area (Å²) in [4.78, 5) is 0. The normalized spacial score (nSPS) is 12.0. The van der Waals surface area contributed by atoms with Gasteiger partial charge in [0.25, 0.3) is 0 Å². The first-order valence-electron chi connectivity index (χ1n) is 5.49. The molecule has 0 fully saturated rings. The van der Waals surface area contributed by atoms with Crippen LogP contribution in [0.3, 0.4) is 0 Å². The van der Waals surface area contributed by atoms with Gasteiger partial charge in [-0.2, -0.15) is 0 Å². The van der Waals surface area contributed by atoms with E-state index in [4.69, 9.17) is 0 Å². The van der Waals surface area contributed by atoms with Gasteiger partial charge in [-0.3, -0.25) is 0 Å². The van der Waals surface area contributed by atoms with Gasteiger partial charge in [-0.25, -0.2) is 0 Å². The summed E-state index contributed by atoms with van der Waals surface area (Å²) in [5.74, 6) is 2.40. The van der Waals surface area contributed by atoms with Crippen molar-refractivity contribution in [1.82, 2.24) is 0 Å². The Morgan fingerprint density at radius 2 is 1.53 bits per heavy atom. The van der Waals surface area contributed by atoms with Crippen LogP contribution in [0.2, 0.25) is 0 Å². The van der Waals surface area contributed by atoms with Crippen LogP contribution in [-0.2, 0) is 5.82 Å². The molecule has 0 aliphatic carbocycles. The van der Waals surface area contributed by atoms with Crippen LogP contribution in [0.1, 0.15) is 0 Å². The third kappa shape index (κ3) is 1.81. The topological polar surface area (TPSA) is 0 Å². The molecule has 3 aromatic rings. The van der Waals surface area contributed by atoms with Crippen molar-refractivity contribution in [3.8, 4) is 10.0 Å². The predicted octanol–water partition coefficient (Wildman–Crippen LogP) is 4.55. The van der Waals surface area contributed by atoms with Gasteiger partial charge in [-0.05, 0) is 0 Å². The maximum atomic E-state index is 3.79. The van der Waals surface area contributed by atoms with E-state index in [1.165, 1.54) is 19.9 Å². The number of hydrogen-bond donors (Lipinski definition) is 0. The van der Waals surface area contributed by atoms with Gasteiger partial charge in [0.1, 0.15) is 0 Å². The molecule has 1 atom stereocenters. The molecular weight excluding hydrogens is 339 g/mol. The van der Waals surface area contributed by atoms with Gasteiger partial charge in [0.15, 0.2) is 0 Å². The molecule has 0 amide bonds. The molecule has 1 heterocycles. The van der Waals surface area contributed by atoms with Crippen molar-refractivity contribution in [3.05, 3.63) is 59.1 Å². The van der Waals surface area contributed by atoms with Crippen LogP contribution in [-0.4, -0.2) is 13.4 Å². The van der Waals surface area contributed by atoms with Gasteiger partial charge in [0, 0.05) is 0 Å². The summed E-state index contributed by atoms with van der Waals surface area (Å²) in [6.45, 7) is 0. The molecule has 0 radical (unpaired) electrons. The molecule has 2 aromatic carbocycles. The minimum atomic E-state index is -0.866. The molecule has 1 aromatic heterocycles. The SMILES string of the molecule is C[se+]1c(-c2ccccc2)c(Br)c2ccccc21. The summed E-state index contributed by atoms with van der Waals surface area (Å²) in [5, 5.41) is 1.39. The van der Waals surface area contributed by atoms with Crippen molar-refractivity contribution in [3.63, 3.8) is 0 Å². The van der Waals surface area contributed by atoms with Gasteiger partial charge >= 0.3 is 114 Å². The predicted molar refractivity (Wildman–Crippen MR) is 79.6 cm³/mol. The van der Waals surface area contributed by atoms with E-state index >= 15 is 0 Å². The van der Waals surface area contributed by atoms with Crippen LogP contribution in [0.25, 0.3) is 19.6 Å². The Hall–Kier alpha value is -0.821. The molecular formula is C15H12BrSe+. The van der Waals surface area contributed by atoms with Gasteiger partial charge in [-0.15, -0.1) is 0 Å². The fourth-order valence-electron chi connectivity index (χ4n) is 2.17. The first-order chi connectivity index (χ1) is 8.29. The fraction of sp³-hybridized carbons (Fsp3) is 0.0667. The Bertz CT molecular complexity index is 629. The molecule has 17 heavy (non-hydrogen) atoms. The summed E-state index contributed by atoms with van der Waals surface area (Å²) in [6.07, 6.45) is 0. The minimum absolute atomic E-state index is 0.866. The van der Waals surface area contributed by atoms with E-state index < -0.39 is 13.4 Å². The van der Waals surface area contributed by atoms with E-state index in [0.717, 1.165) is 0 Å². The Morgan fingerprint density at radius 1 is 0.882 bits per heavy atom. The number of hydrogen-bond acceptors (Lipinski definition) is 0. The van der Waals surface area contributed by atoms with Crippen molar-refractivity contribution in [2.24, 2.45) is 5.82 Å². The molecule has 0 saturated carbocycles. The molecule has 0 aliphatic heterocycles. The standard InChI is InChI=1S/C15H12BrSe/c1-17-13-10-6-5-9-12(13)14(16)15(17)11-7-3-2-4-8-11/h2-10H,1H3/q+1. The Morgan fingerprint density at radius 3 is 2.24 bits per heavy atom. The Labute approximate surface area is 114 Å². The summed E-state index contributed by atoms with van der Waals surface area (Å²) in [6, 6.07) is 19.5. The van der Waals surface area contributed by atoms with E-state index in [2.05, 4.69) is 76.3 Å². The summed E-state index contributed by atoms with van der Waals surface area (Å²) in [7, 11) is 0. The summed E-state index contributed by atoms with van der Waals surface area (Å²) < 4.78 is 4.36. The zero-order valence-electron chi connectivity index (χ0n) is 9.48. The average Bonchev–Trinajstić information content (AvgIpc) is 2.64. The number of benzene rings is 2. The zero-order chi connectivity index (χ0) is 11.8. The van der Waals surface area contributed by atoms with Crippen LogP contribution in [0.4, 0.5) is 0 Å². The molecule has 0 bridgehead atoms. The third-order valence-corrected chi connectivity index (χ3v) is 8.75. The molecule has 3 rings (SSSR count). The van der Waals surface area contributed by atoms with E-state index in [1.807, 2.05) is 0 Å². The molecule has 0 saturated heterocycles. The first kappa shape index (κ1) is 11.3. The summed E-state index contributed by atoms with van der Waals surface area (Å²) in [5.41, 5.74) is 1.36. The second-order valence-corrected chi connectivity index (χ2v) is 8.73. The van der Waals surface area contributed by atoms with Crippen molar-refractivity contribution in [1.29, 1.82) is 0 Å². The van der Waals surface area contributed by atoms with E-state index in [0.29, 0.717) is 0 Å². The van der Waals surface area contributed by atoms with Crippen LogP contribution < -0.4 is 0 Å². The van der Waals surface area contributed by atoms with Crippen LogP contribution in [0.5, 0.6) is 0 Å². The molecule has 0 N–H and O–H groups in total. The van der Waals surface area contributed by atoms with Crippen molar-refractivity contribution in [2.75, 3.05) is 0 Å². The van der Waals surface area contributed by atoms with Gasteiger partial charge in [-0.1, -0.05) is 0 Å². The zero-order valence-corrected chi connectivity index (χ0v) is 12.8. The Balaban J connectivity index is 2.38. The molecule has 0 spiro atoms. The molecule has 84 valence electrons. The average molecular weight is 351 g/mol. The third-order valence-electron chi connectivity index (χ3n) is 2.99. The molecule has 2 heteroatoms. The van der Waals surface area contributed by atoms with Gasteiger partial charge in [0.05, 0.1) is 0 Å². The van der Waals surface area contributed by atoms with E-state index in [9.17, 15) is 0 Å². The number of fused-ring (bicyclic) bond motifs is 1. The van der Waals surface area contributed by atoms with Crippen LogP contribution >= 0.6 is 15.9 Å². The second kappa shape index (κ2) is 4.45. The number of halogens is 1. The maximum absolute atomic E-state index is 3.79. The summed E-state index contributed by atoms with van der Waals surface area (Å²) >= 11 is 2.93. The monoisotopic (exact) mass is 351 g/mol. The number of rotatable bonds is 1. The molecule has 0 aliphatic rings. The van der Waals surface area contributed by atoms with Crippen LogP contribution in [0.15, 0.2) is 59.1 Å². The van der Waals surface area contributed by atoms with E-state index in [1.54, 1.807) is 4.26 Å². The second-order valence-electron chi connectivity index (χ2n) is 4.02. The molecule has 1 unspecified atom stereocenters. The number of aryl methyl sites for hydroxylation is 1. The first-order valence-corrected chi connectivity index (χ1v) is 9.71. The molecule has 0 nitrogen and oxygen atoms in total. The van der Waals surface area contributed by atoms with Crippen molar-refractivity contribution >= 4 is 39.0 Å². The van der Waals surface area contributed by atoms with Gasteiger partial charge < -0.3 is 0 Å². The van der Waals surface area contributed by atoms with E-state index in [-0.39, 0.29) is 0 Å². The van der Waals surface area contributed by atoms with Crippen molar-refractivity contribution < 1.29 is 0 Å². The Kier molecular flexibility index (Phi) is 2.95.